The number of rotatable bonds is 7. The minimum absolute atomic E-state index is 0.175. The number of ether oxygens (including phenoxy) is 2. The van der Waals surface area contributed by atoms with Gasteiger partial charge < -0.3 is 14.8 Å². The highest BCUT2D eigenvalue weighted by Crippen LogP contribution is 2.34. The van der Waals surface area contributed by atoms with E-state index in [1.807, 2.05) is 31.2 Å². The number of carbonyl (C=O) groups is 1. The van der Waals surface area contributed by atoms with E-state index in [0.717, 1.165) is 11.1 Å². The number of nitro benzene ring substituents is 1. The van der Waals surface area contributed by atoms with Crippen LogP contribution in [0.15, 0.2) is 72.8 Å². The molecule has 166 valence electrons. The zero-order chi connectivity index (χ0) is 23.4. The summed E-state index contributed by atoms with van der Waals surface area (Å²) in [5, 5.41) is 21.0. The van der Waals surface area contributed by atoms with Crippen LogP contribution in [0, 0.1) is 17.0 Å². The van der Waals surface area contributed by atoms with Crippen molar-refractivity contribution < 1.29 is 19.2 Å². The van der Waals surface area contributed by atoms with Crippen LogP contribution in [-0.4, -0.2) is 28.1 Å². The van der Waals surface area contributed by atoms with Gasteiger partial charge in [-0.05, 0) is 25.1 Å². The largest absolute Gasteiger partial charge is 0.493 e. The van der Waals surface area contributed by atoms with Crippen molar-refractivity contribution >= 4 is 17.3 Å². The summed E-state index contributed by atoms with van der Waals surface area (Å²) in [5.41, 5.74) is 2.76. The standard InChI is InChI=1S/C24H20N4O5/c1-15-7-9-16(10-8-15)20-14-21(27-26-20)24(29)25-17-11-18(28(30)31)13-19(12-17)33-23-6-4-3-5-22(23)32-2/h3-14H,1-2H3,(H,25,29)(H,26,27). The molecule has 0 saturated carbocycles. The second-order valence-electron chi connectivity index (χ2n) is 7.21. The number of hydrogen-bond donors (Lipinski definition) is 2. The molecular formula is C24H20N4O5. The quantitative estimate of drug-likeness (QED) is 0.293. The average Bonchev–Trinajstić information content (AvgIpc) is 3.30. The van der Waals surface area contributed by atoms with Crippen molar-refractivity contribution in [3.8, 4) is 28.5 Å². The summed E-state index contributed by atoms with van der Waals surface area (Å²) < 4.78 is 11.0. The van der Waals surface area contributed by atoms with Gasteiger partial charge in [-0.15, -0.1) is 0 Å². The Morgan fingerprint density at radius 1 is 1.03 bits per heavy atom. The molecule has 0 radical (unpaired) electrons. The van der Waals surface area contributed by atoms with Crippen molar-refractivity contribution in [2.75, 3.05) is 12.4 Å². The number of aryl methyl sites for hydroxylation is 1. The monoisotopic (exact) mass is 444 g/mol. The van der Waals surface area contributed by atoms with Gasteiger partial charge in [0.05, 0.1) is 29.5 Å². The van der Waals surface area contributed by atoms with Crippen LogP contribution < -0.4 is 14.8 Å². The normalized spacial score (nSPS) is 10.5. The molecule has 0 saturated heterocycles. The van der Waals surface area contributed by atoms with E-state index >= 15 is 0 Å². The van der Waals surface area contributed by atoms with Crippen LogP contribution in [0.1, 0.15) is 16.1 Å². The minimum Gasteiger partial charge on any atom is -0.493 e. The van der Waals surface area contributed by atoms with E-state index in [9.17, 15) is 14.9 Å². The highest BCUT2D eigenvalue weighted by molar-refractivity contribution is 6.03. The summed E-state index contributed by atoms with van der Waals surface area (Å²) >= 11 is 0. The molecule has 3 aromatic carbocycles. The van der Waals surface area contributed by atoms with Crippen molar-refractivity contribution in [1.29, 1.82) is 0 Å². The second-order valence-corrected chi connectivity index (χ2v) is 7.21. The van der Waals surface area contributed by atoms with Crippen LogP contribution in [0.4, 0.5) is 11.4 Å². The van der Waals surface area contributed by atoms with Crippen LogP contribution in [-0.2, 0) is 0 Å². The molecule has 0 aliphatic rings. The third-order valence-electron chi connectivity index (χ3n) is 4.83. The highest BCUT2D eigenvalue weighted by atomic mass is 16.6. The minimum atomic E-state index is -0.559. The highest BCUT2D eigenvalue weighted by Gasteiger charge is 2.16. The number of methoxy groups -OCH3 is 1. The Kier molecular flexibility index (Phi) is 6.03. The number of non-ortho nitro benzene ring substituents is 1. The number of H-pyrrole nitrogens is 1. The van der Waals surface area contributed by atoms with E-state index in [-0.39, 0.29) is 22.8 Å². The van der Waals surface area contributed by atoms with Crippen LogP contribution >= 0.6 is 0 Å². The number of nitro groups is 1. The summed E-state index contributed by atoms with van der Waals surface area (Å²) in [5.74, 6) is 0.531. The Bertz CT molecular complexity index is 1310. The molecule has 0 atom stereocenters. The Balaban J connectivity index is 1.58. The molecule has 1 aromatic heterocycles. The smallest absolute Gasteiger partial charge is 0.275 e. The number of anilines is 1. The van der Waals surface area contributed by atoms with E-state index < -0.39 is 10.8 Å². The molecule has 0 spiro atoms. The lowest BCUT2D eigenvalue weighted by molar-refractivity contribution is -0.384. The van der Waals surface area contributed by atoms with E-state index in [0.29, 0.717) is 17.2 Å². The fourth-order valence-electron chi connectivity index (χ4n) is 3.16. The van der Waals surface area contributed by atoms with Crippen molar-refractivity contribution in [1.82, 2.24) is 10.2 Å². The molecular weight excluding hydrogens is 424 g/mol. The van der Waals surface area contributed by atoms with Gasteiger partial charge in [0.2, 0.25) is 0 Å². The Morgan fingerprint density at radius 3 is 2.45 bits per heavy atom. The van der Waals surface area contributed by atoms with Crippen LogP contribution in [0.3, 0.4) is 0 Å². The van der Waals surface area contributed by atoms with Crippen molar-refractivity contribution in [2.45, 2.75) is 6.92 Å². The van der Waals surface area contributed by atoms with Gasteiger partial charge in [0.15, 0.2) is 11.5 Å². The number of hydrogen-bond acceptors (Lipinski definition) is 6. The lowest BCUT2D eigenvalue weighted by Crippen LogP contribution is -2.12. The summed E-state index contributed by atoms with van der Waals surface area (Å²) in [4.78, 5) is 23.6. The maximum Gasteiger partial charge on any atom is 0.275 e. The van der Waals surface area contributed by atoms with Gasteiger partial charge in [-0.3, -0.25) is 20.0 Å². The summed E-state index contributed by atoms with van der Waals surface area (Å²) in [6.07, 6.45) is 0. The van der Waals surface area contributed by atoms with Gasteiger partial charge >= 0.3 is 0 Å². The molecule has 0 unspecified atom stereocenters. The fraction of sp³-hybridized carbons (Fsp3) is 0.0833. The zero-order valence-corrected chi connectivity index (χ0v) is 17.9. The first-order valence-corrected chi connectivity index (χ1v) is 9.97. The SMILES string of the molecule is COc1ccccc1Oc1cc(NC(=O)c2cc(-c3ccc(C)cc3)n[nH]2)cc([N+](=O)[O-])c1. The van der Waals surface area contributed by atoms with E-state index in [1.165, 1.54) is 25.3 Å². The number of para-hydroxylation sites is 2. The molecule has 1 heterocycles. The van der Waals surface area contributed by atoms with Gasteiger partial charge in [-0.2, -0.15) is 5.10 Å². The number of amides is 1. The lowest BCUT2D eigenvalue weighted by Gasteiger charge is -2.11. The third kappa shape index (κ3) is 4.99. The second kappa shape index (κ2) is 9.23. The summed E-state index contributed by atoms with van der Waals surface area (Å²) in [6.45, 7) is 1.98. The molecule has 9 heteroatoms. The van der Waals surface area contributed by atoms with Crippen LogP contribution in [0.2, 0.25) is 0 Å². The van der Waals surface area contributed by atoms with Crippen molar-refractivity contribution in [3.63, 3.8) is 0 Å². The molecule has 0 fully saturated rings. The van der Waals surface area contributed by atoms with Gasteiger partial charge in [0.25, 0.3) is 11.6 Å². The average molecular weight is 444 g/mol. The van der Waals surface area contributed by atoms with Gasteiger partial charge in [0, 0.05) is 17.7 Å². The molecule has 0 aliphatic carbocycles. The first kappa shape index (κ1) is 21.6. The van der Waals surface area contributed by atoms with Crippen molar-refractivity contribution in [2.24, 2.45) is 0 Å². The number of carbonyl (C=O) groups excluding carboxylic acids is 1. The van der Waals surface area contributed by atoms with Crippen LogP contribution in [0.5, 0.6) is 17.2 Å². The molecule has 0 bridgehead atoms. The van der Waals surface area contributed by atoms with Crippen LogP contribution in [0.25, 0.3) is 11.3 Å². The van der Waals surface area contributed by atoms with E-state index in [2.05, 4.69) is 15.5 Å². The molecule has 4 aromatic rings. The predicted octanol–water partition coefficient (Wildman–Crippen LogP) is 5.35. The molecule has 2 N–H and O–H groups in total. The predicted molar refractivity (Wildman–Crippen MR) is 123 cm³/mol. The number of aromatic amines is 1. The fourth-order valence-corrected chi connectivity index (χ4v) is 3.16. The Labute approximate surface area is 189 Å². The van der Waals surface area contributed by atoms with E-state index in [1.54, 1.807) is 30.3 Å². The maximum absolute atomic E-state index is 12.8. The number of aromatic nitrogens is 2. The molecule has 0 aliphatic heterocycles. The van der Waals surface area contributed by atoms with Crippen molar-refractivity contribution in [3.05, 3.63) is 94.2 Å². The number of nitrogens with zero attached hydrogens (tertiary/aromatic N) is 2. The summed E-state index contributed by atoms with van der Waals surface area (Å²) in [7, 11) is 1.50. The van der Waals surface area contributed by atoms with Gasteiger partial charge in [-0.25, -0.2) is 0 Å². The first-order chi connectivity index (χ1) is 15.9. The van der Waals surface area contributed by atoms with Gasteiger partial charge in [-0.1, -0.05) is 42.0 Å². The number of benzene rings is 3. The third-order valence-corrected chi connectivity index (χ3v) is 4.83. The summed E-state index contributed by atoms with van der Waals surface area (Å²) in [6, 6.07) is 20.3. The Morgan fingerprint density at radius 2 is 1.76 bits per heavy atom. The topological polar surface area (TPSA) is 119 Å². The van der Waals surface area contributed by atoms with E-state index in [4.69, 9.17) is 9.47 Å². The first-order valence-electron chi connectivity index (χ1n) is 9.97. The van der Waals surface area contributed by atoms with Gasteiger partial charge in [0.1, 0.15) is 11.4 Å². The Hall–Kier alpha value is -4.66. The zero-order valence-electron chi connectivity index (χ0n) is 17.9. The number of nitrogens with one attached hydrogen (secondary N) is 2. The maximum atomic E-state index is 12.8. The molecule has 33 heavy (non-hydrogen) atoms. The molecule has 4 rings (SSSR count). The molecule has 1 amide bonds. The molecule has 9 nitrogen and oxygen atoms in total. The lowest BCUT2D eigenvalue weighted by atomic mass is 10.1.